The lowest BCUT2D eigenvalue weighted by Gasteiger charge is -2.15. The summed E-state index contributed by atoms with van der Waals surface area (Å²) in [6.07, 6.45) is 3.55. The maximum absolute atomic E-state index is 12.2. The molecule has 0 fully saturated rings. The molecule has 136 valence electrons. The van der Waals surface area contributed by atoms with Crippen molar-refractivity contribution in [3.8, 4) is 0 Å². The molecule has 0 saturated heterocycles. The molecule has 0 heterocycles. The van der Waals surface area contributed by atoms with E-state index in [-0.39, 0.29) is 5.91 Å². The van der Waals surface area contributed by atoms with Crippen LogP contribution < -0.4 is 5.32 Å². The predicted octanol–water partition coefficient (Wildman–Crippen LogP) is 3.72. The highest BCUT2D eigenvalue weighted by molar-refractivity contribution is 5.94. The minimum Gasteiger partial charge on any atom is -0.467 e. The summed E-state index contributed by atoms with van der Waals surface area (Å²) in [6, 6.07) is 16.8. The van der Waals surface area contributed by atoms with Crippen molar-refractivity contribution in [1.29, 1.82) is 0 Å². The molecular formula is C22H25NO3. The number of carbonyl (C=O) groups excluding carboxylic acids is 2. The molecule has 0 aliphatic carbocycles. The van der Waals surface area contributed by atoms with E-state index in [1.807, 2.05) is 42.5 Å². The molecule has 0 saturated carbocycles. The minimum atomic E-state index is -0.720. The molecule has 2 aromatic rings. The smallest absolute Gasteiger partial charge is 0.328 e. The monoisotopic (exact) mass is 351 g/mol. The van der Waals surface area contributed by atoms with Crippen molar-refractivity contribution in [2.24, 2.45) is 0 Å². The number of amides is 1. The first-order chi connectivity index (χ1) is 12.5. The quantitative estimate of drug-likeness (QED) is 0.611. The molecule has 4 nitrogen and oxygen atoms in total. The van der Waals surface area contributed by atoms with Gasteiger partial charge in [-0.1, -0.05) is 68.4 Å². The Hall–Kier alpha value is -2.88. The average molecular weight is 351 g/mol. The highest BCUT2D eigenvalue weighted by Crippen LogP contribution is 2.15. The maximum Gasteiger partial charge on any atom is 0.328 e. The Balaban J connectivity index is 2.00. The van der Waals surface area contributed by atoms with Gasteiger partial charge < -0.3 is 10.1 Å². The molecule has 0 bridgehead atoms. The van der Waals surface area contributed by atoms with Gasteiger partial charge in [0.25, 0.3) is 0 Å². The Morgan fingerprint density at radius 3 is 2.27 bits per heavy atom. The summed E-state index contributed by atoms with van der Waals surface area (Å²) >= 11 is 0. The van der Waals surface area contributed by atoms with Gasteiger partial charge in [-0.15, -0.1) is 0 Å². The summed E-state index contributed by atoms with van der Waals surface area (Å²) in [5, 5.41) is 2.72. The number of rotatable bonds is 7. The molecule has 0 spiro atoms. The van der Waals surface area contributed by atoms with Gasteiger partial charge in [-0.2, -0.15) is 0 Å². The summed E-state index contributed by atoms with van der Waals surface area (Å²) in [5.74, 6) is -0.323. The van der Waals surface area contributed by atoms with Crippen molar-refractivity contribution in [2.75, 3.05) is 7.11 Å². The standard InChI is InChI=1S/C22H25NO3/c1-16(2)19-12-9-17(10-13-19)11-14-21(24)23-20(22(25)26-3)15-18-7-5-4-6-8-18/h4-14,16,20H,15H2,1-3H3,(H,23,24)/b14-11+/t20-/m1/s1. The van der Waals surface area contributed by atoms with Gasteiger partial charge >= 0.3 is 5.97 Å². The van der Waals surface area contributed by atoms with Crippen LogP contribution in [-0.2, 0) is 20.7 Å². The number of methoxy groups -OCH3 is 1. The van der Waals surface area contributed by atoms with E-state index in [2.05, 4.69) is 31.3 Å². The summed E-state index contributed by atoms with van der Waals surface area (Å²) in [6.45, 7) is 4.27. The first-order valence-electron chi connectivity index (χ1n) is 8.70. The van der Waals surface area contributed by atoms with E-state index in [1.54, 1.807) is 6.08 Å². The van der Waals surface area contributed by atoms with Crippen LogP contribution in [0.15, 0.2) is 60.7 Å². The number of benzene rings is 2. The van der Waals surface area contributed by atoms with Gasteiger partial charge in [-0.25, -0.2) is 4.79 Å². The second kappa shape index (κ2) is 9.56. The molecule has 2 rings (SSSR count). The summed E-state index contributed by atoms with van der Waals surface area (Å²) < 4.78 is 4.81. The second-order valence-electron chi connectivity index (χ2n) is 6.43. The molecule has 1 amide bonds. The molecule has 4 heteroatoms. The Morgan fingerprint density at radius 2 is 1.69 bits per heavy atom. The molecule has 26 heavy (non-hydrogen) atoms. The maximum atomic E-state index is 12.2. The predicted molar refractivity (Wildman–Crippen MR) is 104 cm³/mol. The summed E-state index contributed by atoms with van der Waals surface area (Å²) in [5.41, 5.74) is 3.14. The molecule has 1 atom stereocenters. The molecule has 1 N–H and O–H groups in total. The van der Waals surface area contributed by atoms with Crippen LogP contribution in [0, 0.1) is 0 Å². The molecule has 0 aliphatic heterocycles. The molecule has 0 aromatic heterocycles. The van der Waals surface area contributed by atoms with Gasteiger partial charge in [0.05, 0.1) is 7.11 Å². The lowest BCUT2D eigenvalue weighted by molar-refractivity contribution is -0.144. The van der Waals surface area contributed by atoms with Crippen molar-refractivity contribution in [3.05, 3.63) is 77.4 Å². The number of hydrogen-bond acceptors (Lipinski definition) is 3. The number of hydrogen-bond donors (Lipinski definition) is 1. The Bertz CT molecular complexity index is 749. The van der Waals surface area contributed by atoms with Gasteiger partial charge in [0.2, 0.25) is 5.91 Å². The SMILES string of the molecule is COC(=O)[C@@H](Cc1ccccc1)NC(=O)/C=C/c1ccc(C(C)C)cc1. The molecule has 0 aliphatic rings. The third-order valence-electron chi connectivity index (χ3n) is 4.12. The van der Waals surface area contributed by atoms with Crippen molar-refractivity contribution in [1.82, 2.24) is 5.32 Å². The molecule has 0 unspecified atom stereocenters. The normalized spacial score (nSPS) is 12.2. The lowest BCUT2D eigenvalue weighted by atomic mass is 10.0. The fourth-order valence-corrected chi connectivity index (χ4v) is 2.57. The first-order valence-corrected chi connectivity index (χ1v) is 8.70. The first kappa shape index (κ1) is 19.4. The average Bonchev–Trinajstić information content (AvgIpc) is 2.66. The van der Waals surface area contributed by atoms with Gasteiger partial charge in [-0.3, -0.25) is 4.79 Å². The van der Waals surface area contributed by atoms with Crippen molar-refractivity contribution in [2.45, 2.75) is 32.2 Å². The van der Waals surface area contributed by atoms with Gasteiger partial charge in [0.15, 0.2) is 0 Å². The van der Waals surface area contributed by atoms with Crippen LogP contribution in [0.4, 0.5) is 0 Å². The summed E-state index contributed by atoms with van der Waals surface area (Å²) in [4.78, 5) is 24.2. The highest BCUT2D eigenvalue weighted by atomic mass is 16.5. The number of ether oxygens (including phenoxy) is 1. The van der Waals surface area contributed by atoms with E-state index >= 15 is 0 Å². The zero-order chi connectivity index (χ0) is 18.9. The van der Waals surface area contributed by atoms with E-state index in [0.29, 0.717) is 12.3 Å². The molecular weight excluding hydrogens is 326 g/mol. The van der Waals surface area contributed by atoms with Crippen molar-refractivity contribution >= 4 is 18.0 Å². The number of esters is 1. The zero-order valence-corrected chi connectivity index (χ0v) is 15.4. The molecule has 0 radical (unpaired) electrons. The molecule has 2 aromatic carbocycles. The Morgan fingerprint density at radius 1 is 1.04 bits per heavy atom. The van der Waals surface area contributed by atoms with E-state index in [0.717, 1.165) is 11.1 Å². The third kappa shape index (κ3) is 5.88. The van der Waals surface area contributed by atoms with E-state index < -0.39 is 12.0 Å². The number of carbonyl (C=O) groups is 2. The second-order valence-corrected chi connectivity index (χ2v) is 6.43. The Kier molecular flexibility index (Phi) is 7.15. The van der Waals surface area contributed by atoms with Crippen LogP contribution in [0.1, 0.15) is 36.5 Å². The largest absolute Gasteiger partial charge is 0.467 e. The van der Waals surface area contributed by atoms with Crippen LogP contribution >= 0.6 is 0 Å². The van der Waals surface area contributed by atoms with E-state index in [9.17, 15) is 9.59 Å². The van der Waals surface area contributed by atoms with Crippen LogP contribution in [-0.4, -0.2) is 25.0 Å². The van der Waals surface area contributed by atoms with Gasteiger partial charge in [0.1, 0.15) is 6.04 Å². The van der Waals surface area contributed by atoms with Crippen LogP contribution in [0.3, 0.4) is 0 Å². The fourth-order valence-electron chi connectivity index (χ4n) is 2.57. The number of nitrogens with one attached hydrogen (secondary N) is 1. The van der Waals surface area contributed by atoms with Crippen LogP contribution in [0.25, 0.3) is 6.08 Å². The summed E-state index contributed by atoms with van der Waals surface area (Å²) in [7, 11) is 1.32. The lowest BCUT2D eigenvalue weighted by Crippen LogP contribution is -2.42. The third-order valence-corrected chi connectivity index (χ3v) is 4.12. The van der Waals surface area contributed by atoms with Crippen LogP contribution in [0.5, 0.6) is 0 Å². The minimum absolute atomic E-state index is 0.329. The fraction of sp³-hybridized carbons (Fsp3) is 0.273. The van der Waals surface area contributed by atoms with Gasteiger partial charge in [0, 0.05) is 12.5 Å². The highest BCUT2D eigenvalue weighted by Gasteiger charge is 2.20. The van der Waals surface area contributed by atoms with E-state index in [4.69, 9.17) is 4.74 Å². The van der Waals surface area contributed by atoms with Gasteiger partial charge in [-0.05, 0) is 28.7 Å². The van der Waals surface area contributed by atoms with Crippen molar-refractivity contribution in [3.63, 3.8) is 0 Å². The van der Waals surface area contributed by atoms with E-state index in [1.165, 1.54) is 18.7 Å². The topological polar surface area (TPSA) is 55.4 Å². The zero-order valence-electron chi connectivity index (χ0n) is 15.4. The van der Waals surface area contributed by atoms with Crippen molar-refractivity contribution < 1.29 is 14.3 Å². The Labute approximate surface area is 154 Å². The van der Waals surface area contributed by atoms with Crippen LogP contribution in [0.2, 0.25) is 0 Å².